The van der Waals surface area contributed by atoms with Crippen LogP contribution in [0.4, 0.5) is 8.78 Å². The lowest BCUT2D eigenvalue weighted by Crippen LogP contribution is -2.26. The van der Waals surface area contributed by atoms with Gasteiger partial charge in [-0.25, -0.2) is 8.78 Å². The maximum atomic E-state index is 14.2. The molecule has 9 heteroatoms. The van der Waals surface area contributed by atoms with Gasteiger partial charge in [-0.3, -0.25) is 4.57 Å². The molecule has 2 aromatic heterocycles. The van der Waals surface area contributed by atoms with Crippen molar-refractivity contribution in [1.29, 1.82) is 0 Å². The molecule has 0 unspecified atom stereocenters. The first-order valence-corrected chi connectivity index (χ1v) is 9.21. The molecule has 0 bridgehead atoms. The van der Waals surface area contributed by atoms with Gasteiger partial charge in [0.2, 0.25) is 5.96 Å². The van der Waals surface area contributed by atoms with Crippen LogP contribution in [0.25, 0.3) is 22.4 Å². The second-order valence-corrected chi connectivity index (χ2v) is 7.14. The Morgan fingerprint density at radius 2 is 1.83 bits per heavy atom. The Kier molecular flexibility index (Phi) is 4.52. The SMILES string of the molecule is Cc1noc(C)c1-c1c(-c2cc(F)c(O)c(F)c2)c2c(n1C(N)=NO)CCCC2. The van der Waals surface area contributed by atoms with E-state index >= 15 is 0 Å². The van der Waals surface area contributed by atoms with Crippen LogP contribution in [0.1, 0.15) is 35.6 Å². The fourth-order valence-electron chi connectivity index (χ4n) is 4.17. The van der Waals surface area contributed by atoms with E-state index in [1.807, 2.05) is 0 Å². The number of aryl methyl sites for hydroxylation is 2. The molecule has 29 heavy (non-hydrogen) atoms. The predicted molar refractivity (Wildman–Crippen MR) is 102 cm³/mol. The van der Waals surface area contributed by atoms with E-state index in [-0.39, 0.29) is 11.5 Å². The van der Waals surface area contributed by atoms with E-state index in [0.717, 1.165) is 36.2 Å². The number of nitrogens with zero attached hydrogens (tertiary/aromatic N) is 3. The van der Waals surface area contributed by atoms with Gasteiger partial charge in [-0.2, -0.15) is 0 Å². The van der Waals surface area contributed by atoms with Crippen molar-refractivity contribution < 1.29 is 23.6 Å². The number of aromatic nitrogens is 2. The van der Waals surface area contributed by atoms with Gasteiger partial charge in [0.25, 0.3) is 0 Å². The van der Waals surface area contributed by atoms with Crippen molar-refractivity contribution in [2.75, 3.05) is 0 Å². The monoisotopic (exact) mass is 402 g/mol. The van der Waals surface area contributed by atoms with Gasteiger partial charge in [-0.1, -0.05) is 10.3 Å². The molecule has 0 radical (unpaired) electrons. The molecule has 1 aliphatic rings. The Hall–Kier alpha value is -3.36. The smallest absolute Gasteiger partial charge is 0.242 e. The molecule has 2 heterocycles. The fraction of sp³-hybridized carbons (Fsp3) is 0.300. The molecule has 4 rings (SSSR count). The first-order valence-electron chi connectivity index (χ1n) is 9.21. The highest BCUT2D eigenvalue weighted by Gasteiger charge is 2.31. The molecular formula is C20H20F2N4O3. The van der Waals surface area contributed by atoms with Gasteiger partial charge in [0.15, 0.2) is 17.4 Å². The fourth-order valence-corrected chi connectivity index (χ4v) is 4.17. The van der Waals surface area contributed by atoms with Crippen molar-refractivity contribution in [3.63, 3.8) is 0 Å². The summed E-state index contributed by atoms with van der Waals surface area (Å²) in [5.74, 6) is -2.83. The number of hydrogen-bond donors (Lipinski definition) is 3. The largest absolute Gasteiger partial charge is 0.503 e. The van der Waals surface area contributed by atoms with E-state index in [1.54, 1.807) is 18.4 Å². The van der Waals surface area contributed by atoms with Gasteiger partial charge < -0.3 is 20.6 Å². The zero-order valence-electron chi connectivity index (χ0n) is 16.0. The van der Waals surface area contributed by atoms with E-state index < -0.39 is 17.4 Å². The number of hydrogen-bond acceptors (Lipinski definition) is 5. The summed E-state index contributed by atoms with van der Waals surface area (Å²) < 4.78 is 35.3. The number of rotatable bonds is 2. The summed E-state index contributed by atoms with van der Waals surface area (Å²) in [5.41, 5.74) is 10.2. The van der Waals surface area contributed by atoms with Crippen LogP contribution in [0.5, 0.6) is 5.75 Å². The highest BCUT2D eigenvalue weighted by molar-refractivity contribution is 5.96. The minimum absolute atomic E-state index is 0.163. The Bertz CT molecular complexity index is 1100. The number of oxime groups is 1. The number of halogens is 2. The van der Waals surface area contributed by atoms with Crippen LogP contribution >= 0.6 is 0 Å². The van der Waals surface area contributed by atoms with Gasteiger partial charge in [0.05, 0.1) is 17.0 Å². The standard InChI is InChI=1S/C20H20F2N4O3/c1-9-16(10(2)29-25-9)18-17(11-7-13(21)19(27)14(22)8-11)12-5-3-4-6-15(12)26(18)20(23)24-28/h7-8,27-28H,3-6H2,1-2H3,(H2,23,24). The molecule has 4 N–H and O–H groups in total. The van der Waals surface area contributed by atoms with Crippen molar-refractivity contribution in [3.05, 3.63) is 46.5 Å². The van der Waals surface area contributed by atoms with Crippen LogP contribution in [0, 0.1) is 25.5 Å². The Morgan fingerprint density at radius 3 is 2.41 bits per heavy atom. The summed E-state index contributed by atoms with van der Waals surface area (Å²) in [6.45, 7) is 3.47. The molecule has 7 nitrogen and oxygen atoms in total. The second kappa shape index (κ2) is 6.91. The number of benzene rings is 1. The molecule has 0 aliphatic heterocycles. The summed E-state index contributed by atoms with van der Waals surface area (Å²) in [6, 6.07) is 2.17. The number of aromatic hydroxyl groups is 1. The second-order valence-electron chi connectivity index (χ2n) is 7.14. The molecule has 152 valence electrons. The van der Waals surface area contributed by atoms with Crippen LogP contribution in [-0.2, 0) is 12.8 Å². The lowest BCUT2D eigenvalue weighted by atomic mass is 9.90. The zero-order valence-corrected chi connectivity index (χ0v) is 16.0. The van der Waals surface area contributed by atoms with Crippen molar-refractivity contribution in [1.82, 2.24) is 9.72 Å². The van der Waals surface area contributed by atoms with Gasteiger partial charge in [0.1, 0.15) is 5.76 Å². The molecule has 0 atom stereocenters. The highest BCUT2D eigenvalue weighted by Crippen LogP contribution is 2.45. The quantitative estimate of drug-likeness (QED) is 0.261. The maximum absolute atomic E-state index is 14.2. The van der Waals surface area contributed by atoms with Crippen molar-refractivity contribution in [2.45, 2.75) is 39.5 Å². The number of nitrogens with two attached hydrogens (primary N) is 1. The molecule has 0 spiro atoms. The van der Waals surface area contributed by atoms with Crippen LogP contribution in [0.15, 0.2) is 21.8 Å². The van der Waals surface area contributed by atoms with Gasteiger partial charge >= 0.3 is 0 Å². The maximum Gasteiger partial charge on any atom is 0.242 e. The molecule has 1 aromatic carbocycles. The molecule has 0 amide bonds. The molecule has 3 aromatic rings. The lowest BCUT2D eigenvalue weighted by molar-refractivity contribution is 0.316. The average Bonchev–Trinajstić information content (AvgIpc) is 3.21. The van der Waals surface area contributed by atoms with Crippen LogP contribution in [-0.4, -0.2) is 26.0 Å². The zero-order chi connectivity index (χ0) is 20.9. The lowest BCUT2D eigenvalue weighted by Gasteiger charge is -2.15. The summed E-state index contributed by atoms with van der Waals surface area (Å²) >= 11 is 0. The Balaban J connectivity index is 2.17. The van der Waals surface area contributed by atoms with Gasteiger partial charge in [0, 0.05) is 11.3 Å². The molecular weight excluding hydrogens is 382 g/mol. The summed E-state index contributed by atoms with van der Waals surface area (Å²) in [6.07, 6.45) is 3.11. The summed E-state index contributed by atoms with van der Waals surface area (Å²) in [5, 5.41) is 26.1. The molecule has 1 aliphatic carbocycles. The van der Waals surface area contributed by atoms with Crippen molar-refractivity contribution >= 4 is 5.96 Å². The van der Waals surface area contributed by atoms with Crippen LogP contribution in [0.3, 0.4) is 0 Å². The third kappa shape index (κ3) is 2.84. The van der Waals surface area contributed by atoms with E-state index in [9.17, 15) is 19.1 Å². The minimum Gasteiger partial charge on any atom is -0.503 e. The van der Waals surface area contributed by atoms with E-state index in [2.05, 4.69) is 10.3 Å². The van der Waals surface area contributed by atoms with Crippen LogP contribution in [0.2, 0.25) is 0 Å². The third-order valence-electron chi connectivity index (χ3n) is 5.38. The third-order valence-corrected chi connectivity index (χ3v) is 5.38. The van der Waals surface area contributed by atoms with E-state index in [4.69, 9.17) is 10.3 Å². The number of phenols is 1. The number of phenolic OH excluding ortho intramolecular Hbond substituents is 1. The van der Waals surface area contributed by atoms with E-state index in [0.29, 0.717) is 41.1 Å². The van der Waals surface area contributed by atoms with Crippen molar-refractivity contribution in [3.8, 4) is 28.1 Å². The molecule has 0 saturated carbocycles. The highest BCUT2D eigenvalue weighted by atomic mass is 19.1. The average molecular weight is 402 g/mol. The van der Waals surface area contributed by atoms with Gasteiger partial charge in [-0.15, -0.1) is 0 Å². The first kappa shape index (κ1) is 19.0. The van der Waals surface area contributed by atoms with Crippen LogP contribution < -0.4 is 5.73 Å². The Morgan fingerprint density at radius 1 is 1.17 bits per heavy atom. The van der Waals surface area contributed by atoms with Crippen molar-refractivity contribution in [2.24, 2.45) is 10.9 Å². The van der Waals surface area contributed by atoms with E-state index in [1.165, 1.54) is 0 Å². The predicted octanol–water partition coefficient (Wildman–Crippen LogP) is 3.84. The van der Waals surface area contributed by atoms with Gasteiger partial charge in [-0.05, 0) is 62.8 Å². The molecule has 0 saturated heterocycles. The normalized spacial score (nSPS) is 14.3. The number of fused-ring (bicyclic) bond motifs is 1. The summed E-state index contributed by atoms with van der Waals surface area (Å²) in [7, 11) is 0. The minimum atomic E-state index is -1.06. The topological polar surface area (TPSA) is 110 Å². The first-order chi connectivity index (χ1) is 13.8. The molecule has 0 fully saturated rings. The Labute approximate surface area is 165 Å². The summed E-state index contributed by atoms with van der Waals surface area (Å²) in [4.78, 5) is 0.